The monoisotopic (exact) mass is 529 g/mol. The Kier molecular flexibility index (Phi) is 7.98. The number of carbonyl (C=O) groups is 2. The predicted octanol–water partition coefficient (Wildman–Crippen LogP) is 6.28. The third kappa shape index (κ3) is 6.49. The maximum absolute atomic E-state index is 12.6. The van der Waals surface area contributed by atoms with Crippen molar-refractivity contribution in [3.8, 4) is 11.5 Å². The van der Waals surface area contributed by atoms with E-state index in [-0.39, 0.29) is 34.3 Å². The zero-order valence-electron chi connectivity index (χ0n) is 21.3. The lowest BCUT2D eigenvalue weighted by molar-refractivity contribution is -0.118. The molecule has 4 aromatic carbocycles. The van der Waals surface area contributed by atoms with Gasteiger partial charge >= 0.3 is 0 Å². The molecule has 8 heteroatoms. The molecule has 0 aliphatic heterocycles. The van der Waals surface area contributed by atoms with Crippen molar-refractivity contribution in [3.05, 3.63) is 101 Å². The molecule has 4 rings (SSSR count). The lowest BCUT2D eigenvalue weighted by Gasteiger charge is -2.19. The van der Waals surface area contributed by atoms with Crippen molar-refractivity contribution in [2.75, 3.05) is 11.9 Å². The van der Waals surface area contributed by atoms with Gasteiger partial charge in [-0.05, 0) is 52.8 Å². The number of benzene rings is 4. The predicted molar refractivity (Wildman–Crippen MR) is 151 cm³/mol. The molecule has 2 amide bonds. The van der Waals surface area contributed by atoms with E-state index in [1.807, 2.05) is 48.5 Å². The summed E-state index contributed by atoms with van der Waals surface area (Å²) in [7, 11) is 0. The van der Waals surface area contributed by atoms with Gasteiger partial charge in [-0.2, -0.15) is 5.10 Å². The zero-order valence-corrected chi connectivity index (χ0v) is 22.0. The number of fused-ring (bicyclic) bond motifs is 1. The van der Waals surface area contributed by atoms with E-state index in [0.717, 1.165) is 16.3 Å². The molecule has 194 valence electrons. The van der Waals surface area contributed by atoms with Gasteiger partial charge in [-0.1, -0.05) is 74.8 Å². The van der Waals surface area contributed by atoms with Crippen LogP contribution in [0.1, 0.15) is 42.3 Å². The van der Waals surface area contributed by atoms with Crippen LogP contribution in [0.25, 0.3) is 10.8 Å². The summed E-state index contributed by atoms with van der Waals surface area (Å²) in [4.78, 5) is 25.0. The number of aromatic hydroxyl groups is 1. The van der Waals surface area contributed by atoms with Crippen LogP contribution in [0.5, 0.6) is 11.5 Å². The summed E-state index contributed by atoms with van der Waals surface area (Å²) in [6.07, 6.45) is 1.53. The number of ether oxygens (including phenoxy) is 1. The van der Waals surface area contributed by atoms with Crippen molar-refractivity contribution in [1.29, 1.82) is 0 Å². The molecule has 0 aliphatic carbocycles. The van der Waals surface area contributed by atoms with Gasteiger partial charge in [-0.25, -0.2) is 5.43 Å². The van der Waals surface area contributed by atoms with E-state index in [0.29, 0.717) is 11.4 Å². The molecule has 0 spiro atoms. The number of anilines is 1. The Morgan fingerprint density at radius 1 is 0.974 bits per heavy atom. The fourth-order valence-electron chi connectivity index (χ4n) is 3.80. The van der Waals surface area contributed by atoms with E-state index >= 15 is 0 Å². The lowest BCUT2D eigenvalue weighted by atomic mass is 9.87. The first-order chi connectivity index (χ1) is 18.1. The number of hydrogen-bond donors (Lipinski definition) is 3. The highest BCUT2D eigenvalue weighted by Gasteiger charge is 2.14. The van der Waals surface area contributed by atoms with Crippen LogP contribution in [0.3, 0.4) is 0 Å². The molecule has 0 fully saturated rings. The van der Waals surface area contributed by atoms with E-state index in [2.05, 4.69) is 36.6 Å². The number of phenols is 1. The van der Waals surface area contributed by atoms with Crippen LogP contribution in [0, 0.1) is 0 Å². The van der Waals surface area contributed by atoms with Crippen LogP contribution in [0.15, 0.2) is 84.0 Å². The van der Waals surface area contributed by atoms with Crippen molar-refractivity contribution in [1.82, 2.24) is 5.43 Å². The topological polar surface area (TPSA) is 100 Å². The Bertz CT molecular complexity index is 1510. The second kappa shape index (κ2) is 11.4. The molecule has 0 heterocycles. The second-order valence-corrected chi connectivity index (χ2v) is 10.1. The fraction of sp³-hybridized carbons (Fsp3) is 0.167. The maximum atomic E-state index is 12.6. The Labute approximate surface area is 226 Å². The van der Waals surface area contributed by atoms with Gasteiger partial charge < -0.3 is 15.2 Å². The molecule has 0 saturated heterocycles. The molecule has 0 bridgehead atoms. The molecular formula is C30H28ClN3O4. The van der Waals surface area contributed by atoms with E-state index < -0.39 is 5.91 Å². The first-order valence-electron chi connectivity index (χ1n) is 12.0. The third-order valence-corrected chi connectivity index (χ3v) is 6.20. The number of rotatable bonds is 7. The molecular weight excluding hydrogens is 502 g/mol. The highest BCUT2D eigenvalue weighted by Crippen LogP contribution is 2.27. The number of nitrogens with one attached hydrogen (secondary N) is 2. The van der Waals surface area contributed by atoms with Crippen molar-refractivity contribution in [2.24, 2.45) is 5.10 Å². The minimum atomic E-state index is -0.468. The van der Waals surface area contributed by atoms with Gasteiger partial charge in [0, 0.05) is 22.2 Å². The summed E-state index contributed by atoms with van der Waals surface area (Å²) in [6.45, 7) is 6.30. The van der Waals surface area contributed by atoms with Crippen LogP contribution in [-0.2, 0) is 10.2 Å². The Morgan fingerprint density at radius 2 is 1.68 bits per heavy atom. The van der Waals surface area contributed by atoms with Crippen LogP contribution in [-0.4, -0.2) is 29.7 Å². The van der Waals surface area contributed by atoms with Crippen molar-refractivity contribution < 1.29 is 19.4 Å². The molecule has 4 aromatic rings. The van der Waals surface area contributed by atoms with Crippen molar-refractivity contribution in [2.45, 2.75) is 26.2 Å². The van der Waals surface area contributed by atoms with E-state index in [1.165, 1.54) is 30.0 Å². The van der Waals surface area contributed by atoms with Gasteiger partial charge in [-0.15, -0.1) is 0 Å². The van der Waals surface area contributed by atoms with Gasteiger partial charge in [0.15, 0.2) is 6.61 Å². The molecule has 0 unspecified atom stereocenters. The summed E-state index contributed by atoms with van der Waals surface area (Å²) < 4.78 is 5.67. The van der Waals surface area contributed by atoms with Gasteiger partial charge in [-0.3, -0.25) is 9.59 Å². The quantitative estimate of drug-likeness (QED) is 0.194. The Hall–Kier alpha value is -4.36. The number of carbonyl (C=O) groups excluding carboxylic acids is 2. The van der Waals surface area contributed by atoms with Gasteiger partial charge in [0.25, 0.3) is 11.8 Å². The van der Waals surface area contributed by atoms with Gasteiger partial charge in [0.05, 0.1) is 11.2 Å². The SMILES string of the molecule is CC(C)(C)c1ccc(OCC(=O)Nc2ccc(/C=N/NC(=O)c3ccc(O)c(Cl)c3)c3ccccc23)cc1. The number of halogens is 1. The maximum Gasteiger partial charge on any atom is 0.271 e. The van der Waals surface area contributed by atoms with Gasteiger partial charge in [0.2, 0.25) is 0 Å². The van der Waals surface area contributed by atoms with Crippen LogP contribution < -0.4 is 15.5 Å². The summed E-state index contributed by atoms with van der Waals surface area (Å²) in [6, 6.07) is 23.0. The average Bonchev–Trinajstić information content (AvgIpc) is 2.90. The number of phenolic OH excluding ortho intramolecular Hbond substituents is 1. The highest BCUT2D eigenvalue weighted by molar-refractivity contribution is 6.32. The molecule has 0 aromatic heterocycles. The number of nitrogens with zero attached hydrogens (tertiary/aromatic N) is 1. The number of amides is 2. The molecule has 3 N–H and O–H groups in total. The molecule has 38 heavy (non-hydrogen) atoms. The van der Waals surface area contributed by atoms with Crippen molar-refractivity contribution in [3.63, 3.8) is 0 Å². The van der Waals surface area contributed by atoms with E-state index in [1.54, 1.807) is 12.1 Å². The first-order valence-corrected chi connectivity index (χ1v) is 12.4. The van der Waals surface area contributed by atoms with Crippen LogP contribution >= 0.6 is 11.6 Å². The van der Waals surface area contributed by atoms with Crippen molar-refractivity contribution >= 4 is 46.1 Å². The van der Waals surface area contributed by atoms with Gasteiger partial charge in [0.1, 0.15) is 11.5 Å². The van der Waals surface area contributed by atoms with E-state index in [4.69, 9.17) is 16.3 Å². The first kappa shape index (κ1) is 26.7. The molecule has 0 aliphatic rings. The minimum Gasteiger partial charge on any atom is -0.506 e. The zero-order chi connectivity index (χ0) is 27.3. The average molecular weight is 530 g/mol. The summed E-state index contributed by atoms with van der Waals surface area (Å²) >= 11 is 5.87. The standard InChI is InChI=1S/C30H28ClN3O4/c1-30(2,3)21-10-12-22(13-11-21)38-18-28(36)33-26-14-8-20(23-6-4-5-7-24(23)26)17-32-34-29(37)19-9-15-27(35)25(31)16-19/h4-17,35H,18H2,1-3H3,(H,33,36)(H,34,37)/b32-17+. The fourth-order valence-corrected chi connectivity index (χ4v) is 3.98. The highest BCUT2D eigenvalue weighted by atomic mass is 35.5. The number of hydrogen-bond acceptors (Lipinski definition) is 5. The van der Waals surface area contributed by atoms with Crippen LogP contribution in [0.4, 0.5) is 5.69 Å². The molecule has 0 saturated carbocycles. The molecule has 0 radical (unpaired) electrons. The lowest BCUT2D eigenvalue weighted by Crippen LogP contribution is -2.20. The largest absolute Gasteiger partial charge is 0.506 e. The Morgan fingerprint density at radius 3 is 2.37 bits per heavy atom. The summed E-state index contributed by atoms with van der Waals surface area (Å²) in [5, 5.41) is 18.2. The van der Waals surface area contributed by atoms with Crippen LogP contribution in [0.2, 0.25) is 5.02 Å². The molecule has 7 nitrogen and oxygen atoms in total. The summed E-state index contributed by atoms with van der Waals surface area (Å²) in [5.41, 5.74) is 5.33. The Balaban J connectivity index is 1.42. The van der Waals surface area contributed by atoms with E-state index in [9.17, 15) is 14.7 Å². The molecule has 0 atom stereocenters. The minimum absolute atomic E-state index is 0.0422. The third-order valence-electron chi connectivity index (χ3n) is 5.90. The smallest absolute Gasteiger partial charge is 0.271 e. The second-order valence-electron chi connectivity index (χ2n) is 9.72. The number of hydrazone groups is 1. The normalized spacial score (nSPS) is 11.5. The summed E-state index contributed by atoms with van der Waals surface area (Å²) in [5.74, 6) is -0.228.